The molecule has 0 saturated heterocycles. The highest BCUT2D eigenvalue weighted by atomic mass is 35.5. The van der Waals surface area contributed by atoms with E-state index in [0.29, 0.717) is 50.0 Å². The second-order valence-electron chi connectivity index (χ2n) is 14.9. The number of rotatable bonds is 11. The Bertz CT molecular complexity index is 2920. The third-order valence-electron chi connectivity index (χ3n) is 10.7. The van der Waals surface area contributed by atoms with Crippen molar-refractivity contribution in [1.29, 1.82) is 5.26 Å². The molecule has 14 nitrogen and oxygen atoms in total. The molecule has 5 aromatic carbocycles. The van der Waals surface area contributed by atoms with Gasteiger partial charge < -0.3 is 30.9 Å². The van der Waals surface area contributed by atoms with Gasteiger partial charge in [0.1, 0.15) is 18.7 Å². The number of ether oxygens (including phenoxy) is 2. The molecule has 2 amide bonds. The topological polar surface area (TPSA) is 214 Å². The van der Waals surface area contributed by atoms with E-state index in [4.69, 9.17) is 43.7 Å². The first kappa shape index (κ1) is 43.2. The number of fused-ring (bicyclic) bond motifs is 2. The Balaban J connectivity index is 1.01. The number of nitrogen functional groups attached to an aromatic ring is 1. The largest absolute Gasteiger partial charge is 0.485 e. The number of carboxylic acids is 1. The maximum atomic E-state index is 14.4. The van der Waals surface area contributed by atoms with Crippen LogP contribution in [0.3, 0.4) is 0 Å². The number of nitrogens with zero attached hydrogens (tertiary/aromatic N) is 3. The van der Waals surface area contributed by atoms with Gasteiger partial charge in [-0.05, 0) is 101 Å². The summed E-state index contributed by atoms with van der Waals surface area (Å²) in [7, 11) is -4.40. The van der Waals surface area contributed by atoms with Gasteiger partial charge in [-0.15, -0.1) is 0 Å². The van der Waals surface area contributed by atoms with Crippen LogP contribution >= 0.6 is 34.5 Å². The summed E-state index contributed by atoms with van der Waals surface area (Å²) >= 11 is 12.8. The first-order valence-corrected chi connectivity index (χ1v) is 22.4. The first-order chi connectivity index (χ1) is 30.2. The Labute approximate surface area is 375 Å². The molecule has 3 atom stereocenters. The fourth-order valence-electron chi connectivity index (χ4n) is 7.41. The average molecular weight is 924 g/mol. The highest BCUT2D eigenvalue weighted by Crippen LogP contribution is 2.42. The Morgan fingerprint density at radius 1 is 0.952 bits per heavy atom. The Morgan fingerprint density at radius 2 is 1.63 bits per heavy atom. The van der Waals surface area contributed by atoms with Crippen molar-refractivity contribution in [2.24, 2.45) is 0 Å². The van der Waals surface area contributed by atoms with Crippen LogP contribution in [0.15, 0.2) is 107 Å². The van der Waals surface area contributed by atoms with Gasteiger partial charge in [0, 0.05) is 24.2 Å². The van der Waals surface area contributed by atoms with Crippen molar-refractivity contribution in [3.8, 4) is 28.7 Å². The number of aromatic nitrogens is 1. The van der Waals surface area contributed by atoms with Gasteiger partial charge in [0.25, 0.3) is 15.9 Å². The first-order valence-electron chi connectivity index (χ1n) is 19.4. The molecule has 1 unspecified atom stereocenters. The number of carboxylic acid groups (broad SMARTS) is 1. The van der Waals surface area contributed by atoms with Crippen molar-refractivity contribution in [3.05, 3.63) is 152 Å². The number of halogens is 2. The summed E-state index contributed by atoms with van der Waals surface area (Å²) < 4.78 is 42.3. The van der Waals surface area contributed by atoms with Crippen LogP contribution in [0.4, 0.5) is 10.8 Å². The van der Waals surface area contributed by atoms with Crippen molar-refractivity contribution in [3.63, 3.8) is 0 Å². The number of aryl methyl sites for hydroxylation is 1. The number of thiazole rings is 1. The standard InChI is InChI=1S/C45H36Cl2N6O8S2/c1-24-44(62-45(49)50-24)63(58,59)53-22-32-20-39-38(60-23-40(61-39)29-10-13-33(14-11-29)51-41(54)30-12-15-34(46)35(47)17-30)19-31(32)18-37(53)42(55)52-36(43(56)57)16-25-2-6-27(7-3-25)28-8-4-26(21-48)5-9-28/h2-15,17,19-20,36-37,40H,16,18,22-23H2,1H3,(H2,49,50)(H,51,54)(H,52,55)(H,56,57)/t36?,37-,40+/m0/s1. The van der Waals surface area contributed by atoms with E-state index in [2.05, 4.69) is 21.7 Å². The summed E-state index contributed by atoms with van der Waals surface area (Å²) in [6.45, 7) is 1.39. The number of hydrogen-bond acceptors (Lipinski definition) is 11. The van der Waals surface area contributed by atoms with Gasteiger partial charge in [0.05, 0.1) is 27.4 Å². The van der Waals surface area contributed by atoms with Crippen LogP contribution in [0.25, 0.3) is 11.1 Å². The summed E-state index contributed by atoms with van der Waals surface area (Å²) in [4.78, 5) is 43.7. The third-order valence-corrected chi connectivity index (χ3v) is 14.9. The normalized spacial score (nSPS) is 16.3. The van der Waals surface area contributed by atoms with E-state index in [9.17, 15) is 27.9 Å². The molecule has 0 saturated carbocycles. The van der Waals surface area contributed by atoms with Gasteiger partial charge >= 0.3 is 5.97 Å². The van der Waals surface area contributed by atoms with E-state index in [1.54, 1.807) is 72.8 Å². The molecule has 0 radical (unpaired) electrons. The quantitative estimate of drug-likeness (QED) is 0.0995. The van der Waals surface area contributed by atoms with Crippen LogP contribution in [0.1, 0.15) is 50.0 Å². The molecule has 0 spiro atoms. The maximum Gasteiger partial charge on any atom is 0.326 e. The lowest BCUT2D eigenvalue weighted by Gasteiger charge is -2.36. The number of nitriles is 1. The van der Waals surface area contributed by atoms with E-state index in [1.807, 2.05) is 24.3 Å². The maximum absolute atomic E-state index is 14.4. The van der Waals surface area contributed by atoms with E-state index >= 15 is 0 Å². The number of nitrogens with one attached hydrogen (secondary N) is 2. The van der Waals surface area contributed by atoms with Crippen molar-refractivity contribution in [2.45, 2.75) is 48.7 Å². The van der Waals surface area contributed by atoms with E-state index in [-0.39, 0.29) is 52.0 Å². The van der Waals surface area contributed by atoms with Crippen LogP contribution in [0.5, 0.6) is 11.5 Å². The molecule has 6 aromatic rings. The molecule has 320 valence electrons. The van der Waals surface area contributed by atoms with Gasteiger partial charge in [-0.3, -0.25) is 9.59 Å². The fraction of sp³-hybridized carbons (Fsp3) is 0.178. The Hall–Kier alpha value is -6.48. The summed E-state index contributed by atoms with van der Waals surface area (Å²) in [5, 5.41) is 25.4. The van der Waals surface area contributed by atoms with Crippen LogP contribution in [0.2, 0.25) is 10.0 Å². The molecule has 3 heterocycles. The number of nitrogens with two attached hydrogens (primary N) is 1. The number of amides is 2. The summed E-state index contributed by atoms with van der Waals surface area (Å²) in [5.41, 5.74) is 11.7. The van der Waals surface area contributed by atoms with Crippen LogP contribution in [0, 0.1) is 18.3 Å². The van der Waals surface area contributed by atoms with Crippen LogP contribution in [-0.2, 0) is 39.0 Å². The summed E-state index contributed by atoms with van der Waals surface area (Å²) in [6.07, 6.45) is -0.736. The van der Waals surface area contributed by atoms with Gasteiger partial charge in [-0.1, -0.05) is 83.1 Å². The Kier molecular flexibility index (Phi) is 12.1. The van der Waals surface area contributed by atoms with Gasteiger partial charge in [-0.2, -0.15) is 9.57 Å². The zero-order valence-corrected chi connectivity index (χ0v) is 36.3. The molecule has 0 bridgehead atoms. The zero-order chi connectivity index (χ0) is 44.6. The predicted octanol–water partition coefficient (Wildman–Crippen LogP) is 7.57. The van der Waals surface area contributed by atoms with E-state index in [0.717, 1.165) is 32.3 Å². The molecule has 5 N–H and O–H groups in total. The minimum absolute atomic E-state index is 0.0353. The molecule has 1 aromatic heterocycles. The predicted molar refractivity (Wildman–Crippen MR) is 238 cm³/mol. The minimum Gasteiger partial charge on any atom is -0.485 e. The third kappa shape index (κ3) is 9.19. The minimum atomic E-state index is -4.40. The highest BCUT2D eigenvalue weighted by Gasteiger charge is 2.43. The molecule has 2 aliphatic heterocycles. The van der Waals surface area contributed by atoms with Crippen LogP contribution < -0.4 is 25.8 Å². The van der Waals surface area contributed by atoms with Crippen molar-refractivity contribution in [1.82, 2.24) is 14.6 Å². The smallest absolute Gasteiger partial charge is 0.326 e. The molecule has 8 rings (SSSR count). The number of aliphatic carboxylic acids is 1. The average Bonchev–Trinajstić information content (AvgIpc) is 3.64. The molecule has 63 heavy (non-hydrogen) atoms. The lowest BCUT2D eigenvalue weighted by molar-refractivity contribution is -0.142. The number of carbonyl (C=O) groups excluding carboxylic acids is 2. The number of benzene rings is 5. The SMILES string of the molecule is Cc1nc(N)sc1S(=O)(=O)N1Cc2cc3c(cc2C[C@H]1C(=O)NC(Cc1ccc(-c2ccc(C#N)cc2)cc1)C(=O)O)OC[C@H](c1ccc(NC(=O)c2ccc(Cl)c(Cl)c2)cc1)O3. The number of sulfonamides is 1. The Morgan fingerprint density at radius 3 is 2.27 bits per heavy atom. The second kappa shape index (κ2) is 17.7. The molecular weight excluding hydrogens is 888 g/mol. The lowest BCUT2D eigenvalue weighted by atomic mass is 9.93. The molecular formula is C45H36Cl2N6O8S2. The lowest BCUT2D eigenvalue weighted by Crippen LogP contribution is -2.55. The van der Waals surface area contributed by atoms with Crippen molar-refractivity contribution >= 4 is 73.2 Å². The van der Waals surface area contributed by atoms with Gasteiger partial charge in [0.15, 0.2) is 26.9 Å². The molecule has 2 aliphatic rings. The summed E-state index contributed by atoms with van der Waals surface area (Å²) in [6, 6.07) is 28.6. The van der Waals surface area contributed by atoms with Gasteiger partial charge in [-0.25, -0.2) is 18.2 Å². The number of anilines is 2. The second-order valence-corrected chi connectivity index (χ2v) is 18.8. The molecule has 18 heteroatoms. The van der Waals surface area contributed by atoms with Crippen molar-refractivity contribution < 1.29 is 37.4 Å². The van der Waals surface area contributed by atoms with Gasteiger partial charge in [0.2, 0.25) is 5.91 Å². The molecule has 0 fully saturated rings. The van der Waals surface area contributed by atoms with Crippen molar-refractivity contribution in [2.75, 3.05) is 17.7 Å². The highest BCUT2D eigenvalue weighted by molar-refractivity contribution is 7.91. The van der Waals surface area contributed by atoms with E-state index < -0.39 is 40.1 Å². The monoisotopic (exact) mass is 922 g/mol. The molecule has 0 aliphatic carbocycles. The van der Waals surface area contributed by atoms with E-state index in [1.165, 1.54) is 13.0 Å². The fourth-order valence-corrected chi connectivity index (χ4v) is 10.7. The number of carbonyl (C=O) groups is 3. The summed E-state index contributed by atoms with van der Waals surface area (Å²) in [5.74, 6) is -1.71. The van der Waals surface area contributed by atoms with Crippen LogP contribution in [-0.4, -0.2) is 59.3 Å². The number of hydrogen-bond donors (Lipinski definition) is 4. The zero-order valence-electron chi connectivity index (χ0n) is 33.2.